The Kier molecular flexibility index (Phi) is 2.28. The maximum Gasteiger partial charge on any atom is 0.148 e. The van der Waals surface area contributed by atoms with Crippen LogP contribution in [0.2, 0.25) is 0 Å². The molecule has 3 rings (SSSR count). The van der Waals surface area contributed by atoms with E-state index in [-0.39, 0.29) is 6.04 Å². The Labute approximate surface area is 99.9 Å². The number of anilines is 1. The largest absolute Gasteiger partial charge is 0.508 e. The number of aromatic hydroxyl groups is 1. The van der Waals surface area contributed by atoms with Gasteiger partial charge in [-0.15, -0.1) is 0 Å². The summed E-state index contributed by atoms with van der Waals surface area (Å²) in [6.45, 7) is 0. The molecule has 0 saturated carbocycles. The van der Waals surface area contributed by atoms with E-state index >= 15 is 0 Å². The van der Waals surface area contributed by atoms with E-state index < -0.39 is 0 Å². The van der Waals surface area contributed by atoms with Crippen LogP contribution in [0, 0.1) is 0 Å². The first-order valence-corrected chi connectivity index (χ1v) is 5.81. The van der Waals surface area contributed by atoms with Crippen LogP contribution in [-0.2, 0) is 13.5 Å². The van der Waals surface area contributed by atoms with Crippen molar-refractivity contribution in [1.82, 2.24) is 9.78 Å². The topological polar surface area (TPSA) is 50.1 Å². The van der Waals surface area contributed by atoms with E-state index in [0.717, 1.165) is 24.2 Å². The van der Waals surface area contributed by atoms with Gasteiger partial charge in [-0.3, -0.25) is 4.68 Å². The smallest absolute Gasteiger partial charge is 0.148 e. The van der Waals surface area contributed by atoms with Gasteiger partial charge in [0.1, 0.15) is 11.6 Å². The quantitative estimate of drug-likeness (QED) is 0.830. The van der Waals surface area contributed by atoms with Gasteiger partial charge in [0.15, 0.2) is 0 Å². The fraction of sp³-hybridized carbons (Fsp3) is 0.308. The summed E-state index contributed by atoms with van der Waals surface area (Å²) in [6.07, 6.45) is 3.84. The maximum absolute atomic E-state index is 9.77. The van der Waals surface area contributed by atoms with E-state index in [1.54, 1.807) is 10.7 Å². The SMILES string of the molecule is Cn1ccc(NC2CCc3c(O)cccc32)n1. The molecule has 0 spiro atoms. The summed E-state index contributed by atoms with van der Waals surface area (Å²) in [5.41, 5.74) is 2.26. The predicted octanol–water partition coefficient (Wildman–Crippen LogP) is 2.23. The highest BCUT2D eigenvalue weighted by Gasteiger charge is 2.24. The van der Waals surface area contributed by atoms with Crippen LogP contribution in [0.3, 0.4) is 0 Å². The number of fused-ring (bicyclic) bond motifs is 1. The van der Waals surface area contributed by atoms with Gasteiger partial charge in [0.05, 0.1) is 6.04 Å². The van der Waals surface area contributed by atoms with Crippen LogP contribution in [0.25, 0.3) is 0 Å². The lowest BCUT2D eigenvalue weighted by Crippen LogP contribution is -2.07. The molecule has 1 heterocycles. The number of rotatable bonds is 2. The Morgan fingerprint density at radius 2 is 2.29 bits per heavy atom. The normalized spacial score (nSPS) is 18.1. The first kappa shape index (κ1) is 10.2. The number of phenolic OH excluding ortho intramolecular Hbond substituents is 1. The van der Waals surface area contributed by atoms with Crippen molar-refractivity contribution in [2.24, 2.45) is 7.05 Å². The van der Waals surface area contributed by atoms with E-state index in [1.807, 2.05) is 25.4 Å². The first-order valence-electron chi connectivity index (χ1n) is 5.81. The minimum absolute atomic E-state index is 0.256. The molecule has 1 aromatic carbocycles. The summed E-state index contributed by atoms with van der Waals surface area (Å²) in [7, 11) is 1.90. The summed E-state index contributed by atoms with van der Waals surface area (Å²) >= 11 is 0. The third kappa shape index (κ3) is 1.75. The van der Waals surface area contributed by atoms with Crippen LogP contribution in [0.5, 0.6) is 5.75 Å². The second-order valence-electron chi connectivity index (χ2n) is 4.46. The lowest BCUT2D eigenvalue weighted by atomic mass is 10.1. The molecule has 0 amide bonds. The highest BCUT2D eigenvalue weighted by atomic mass is 16.3. The van der Waals surface area contributed by atoms with Gasteiger partial charge in [-0.05, 0) is 30.0 Å². The van der Waals surface area contributed by atoms with Crippen molar-refractivity contribution in [3.05, 3.63) is 41.6 Å². The van der Waals surface area contributed by atoms with Gasteiger partial charge in [-0.25, -0.2) is 0 Å². The molecular formula is C13H15N3O. The number of hydrogen-bond donors (Lipinski definition) is 2. The Morgan fingerprint density at radius 3 is 3.06 bits per heavy atom. The van der Waals surface area contributed by atoms with Crippen LogP contribution in [0.15, 0.2) is 30.5 Å². The summed E-state index contributed by atoms with van der Waals surface area (Å²) < 4.78 is 1.78. The fourth-order valence-electron chi connectivity index (χ4n) is 2.46. The summed E-state index contributed by atoms with van der Waals surface area (Å²) in [6, 6.07) is 7.94. The molecule has 2 N–H and O–H groups in total. The van der Waals surface area contributed by atoms with Crippen molar-refractivity contribution >= 4 is 5.82 Å². The average molecular weight is 229 g/mol. The molecule has 0 saturated heterocycles. The van der Waals surface area contributed by atoms with Crippen molar-refractivity contribution < 1.29 is 5.11 Å². The third-order valence-corrected chi connectivity index (χ3v) is 3.28. The monoisotopic (exact) mass is 229 g/mol. The minimum Gasteiger partial charge on any atom is -0.508 e. The zero-order chi connectivity index (χ0) is 11.8. The maximum atomic E-state index is 9.77. The number of nitrogens with one attached hydrogen (secondary N) is 1. The van der Waals surface area contributed by atoms with Gasteiger partial charge < -0.3 is 10.4 Å². The first-order chi connectivity index (χ1) is 8.24. The number of aryl methyl sites for hydroxylation is 1. The summed E-state index contributed by atoms with van der Waals surface area (Å²) in [4.78, 5) is 0. The van der Waals surface area contributed by atoms with E-state index in [0.29, 0.717) is 5.75 Å². The van der Waals surface area contributed by atoms with Crippen LogP contribution in [-0.4, -0.2) is 14.9 Å². The Hall–Kier alpha value is -1.97. The molecular weight excluding hydrogens is 214 g/mol. The average Bonchev–Trinajstić information content (AvgIpc) is 2.88. The second kappa shape index (κ2) is 3.80. The van der Waals surface area contributed by atoms with Crippen LogP contribution >= 0.6 is 0 Å². The highest BCUT2D eigenvalue weighted by Crippen LogP contribution is 2.37. The molecule has 1 aliphatic carbocycles. The van der Waals surface area contributed by atoms with Crippen molar-refractivity contribution in [2.75, 3.05) is 5.32 Å². The molecule has 1 unspecified atom stereocenters. The number of hydrogen-bond acceptors (Lipinski definition) is 3. The zero-order valence-corrected chi connectivity index (χ0v) is 9.72. The lowest BCUT2D eigenvalue weighted by molar-refractivity contribution is 0.469. The van der Waals surface area contributed by atoms with E-state index in [1.165, 1.54) is 5.56 Å². The van der Waals surface area contributed by atoms with Gasteiger partial charge in [-0.2, -0.15) is 5.10 Å². The molecule has 1 aromatic heterocycles. The molecule has 1 aliphatic rings. The van der Waals surface area contributed by atoms with E-state index in [2.05, 4.69) is 16.5 Å². The molecule has 0 aliphatic heterocycles. The van der Waals surface area contributed by atoms with Crippen molar-refractivity contribution in [1.29, 1.82) is 0 Å². The molecule has 0 bridgehead atoms. The molecule has 0 radical (unpaired) electrons. The standard InChI is InChI=1S/C13H15N3O/c1-16-8-7-13(15-16)14-11-6-5-10-9(11)3-2-4-12(10)17/h2-4,7-8,11,17H,5-6H2,1H3,(H,14,15). The molecule has 0 fully saturated rings. The lowest BCUT2D eigenvalue weighted by Gasteiger charge is -2.13. The molecule has 4 nitrogen and oxygen atoms in total. The van der Waals surface area contributed by atoms with Crippen molar-refractivity contribution in [3.63, 3.8) is 0 Å². The number of phenols is 1. The summed E-state index contributed by atoms with van der Waals surface area (Å²) in [5.74, 6) is 1.29. The Bertz CT molecular complexity index is 547. The highest BCUT2D eigenvalue weighted by molar-refractivity contribution is 5.48. The molecule has 4 heteroatoms. The number of aromatic nitrogens is 2. The minimum atomic E-state index is 0.256. The van der Waals surface area contributed by atoms with Crippen molar-refractivity contribution in [2.45, 2.75) is 18.9 Å². The predicted molar refractivity (Wildman–Crippen MR) is 66.0 cm³/mol. The molecule has 1 atom stereocenters. The van der Waals surface area contributed by atoms with Gasteiger partial charge in [-0.1, -0.05) is 12.1 Å². The molecule has 2 aromatic rings. The zero-order valence-electron chi connectivity index (χ0n) is 9.72. The Morgan fingerprint density at radius 1 is 1.41 bits per heavy atom. The summed E-state index contributed by atoms with van der Waals surface area (Å²) in [5, 5.41) is 17.5. The van der Waals surface area contributed by atoms with E-state index in [9.17, 15) is 5.11 Å². The van der Waals surface area contributed by atoms with Gasteiger partial charge in [0, 0.05) is 19.3 Å². The van der Waals surface area contributed by atoms with Gasteiger partial charge in [0.25, 0.3) is 0 Å². The van der Waals surface area contributed by atoms with E-state index in [4.69, 9.17) is 0 Å². The van der Waals surface area contributed by atoms with Crippen LogP contribution in [0.1, 0.15) is 23.6 Å². The van der Waals surface area contributed by atoms with Gasteiger partial charge >= 0.3 is 0 Å². The van der Waals surface area contributed by atoms with Crippen LogP contribution in [0.4, 0.5) is 5.82 Å². The molecule has 88 valence electrons. The molecule has 17 heavy (non-hydrogen) atoms. The fourth-order valence-corrected chi connectivity index (χ4v) is 2.46. The Balaban J connectivity index is 1.86. The van der Waals surface area contributed by atoms with Crippen molar-refractivity contribution in [3.8, 4) is 5.75 Å². The number of benzene rings is 1. The van der Waals surface area contributed by atoms with Gasteiger partial charge in [0.2, 0.25) is 0 Å². The third-order valence-electron chi connectivity index (χ3n) is 3.28. The second-order valence-corrected chi connectivity index (χ2v) is 4.46. The number of nitrogens with zero attached hydrogens (tertiary/aromatic N) is 2. The van der Waals surface area contributed by atoms with Crippen LogP contribution < -0.4 is 5.32 Å².